The summed E-state index contributed by atoms with van der Waals surface area (Å²) in [5, 5.41) is 2.87. The maximum absolute atomic E-state index is 13.6. The third kappa shape index (κ3) is 5.31. The quantitative estimate of drug-likeness (QED) is 0.833. The first-order chi connectivity index (χ1) is 13.5. The number of ether oxygens (including phenoxy) is 1. The molecule has 2 amide bonds. The fourth-order valence-corrected chi connectivity index (χ4v) is 3.22. The molecule has 5 nitrogen and oxygen atoms in total. The Labute approximate surface area is 164 Å². The maximum Gasteiger partial charge on any atom is 0.260 e. The lowest BCUT2D eigenvalue weighted by Gasteiger charge is -2.31. The Morgan fingerprint density at radius 1 is 1.14 bits per heavy atom. The van der Waals surface area contributed by atoms with Gasteiger partial charge in [-0.05, 0) is 49.1 Å². The summed E-state index contributed by atoms with van der Waals surface area (Å²) in [6.45, 7) is 3.08. The number of likely N-dealkylation sites (tertiary alicyclic amines) is 1. The number of hydrogen-bond donors (Lipinski definition) is 1. The third-order valence-corrected chi connectivity index (χ3v) is 5.03. The number of carbonyl (C=O) groups excluding carboxylic acids is 2. The van der Waals surface area contributed by atoms with E-state index in [9.17, 15) is 14.0 Å². The topological polar surface area (TPSA) is 58.6 Å². The second-order valence-corrected chi connectivity index (χ2v) is 7.06. The van der Waals surface area contributed by atoms with Crippen LogP contribution in [0, 0.1) is 18.7 Å². The number of benzene rings is 2. The Morgan fingerprint density at radius 3 is 2.54 bits per heavy atom. The molecule has 1 heterocycles. The Balaban J connectivity index is 1.40. The fourth-order valence-electron chi connectivity index (χ4n) is 3.22. The van der Waals surface area contributed by atoms with Crippen LogP contribution in [-0.4, -0.2) is 36.4 Å². The van der Waals surface area contributed by atoms with Crippen molar-refractivity contribution < 1.29 is 18.7 Å². The van der Waals surface area contributed by atoms with Crippen LogP contribution in [0.3, 0.4) is 0 Å². The highest BCUT2D eigenvalue weighted by atomic mass is 19.1. The van der Waals surface area contributed by atoms with Gasteiger partial charge in [-0.3, -0.25) is 9.59 Å². The summed E-state index contributed by atoms with van der Waals surface area (Å²) in [6, 6.07) is 14.2. The number of aryl methyl sites for hydroxylation is 1. The lowest BCUT2D eigenvalue weighted by Crippen LogP contribution is -2.44. The molecule has 28 heavy (non-hydrogen) atoms. The van der Waals surface area contributed by atoms with Crippen molar-refractivity contribution in [2.45, 2.75) is 26.3 Å². The highest BCUT2D eigenvalue weighted by molar-refractivity contribution is 5.80. The van der Waals surface area contributed by atoms with Gasteiger partial charge in [-0.25, -0.2) is 4.39 Å². The monoisotopic (exact) mass is 384 g/mol. The number of nitrogens with one attached hydrogen (secondary N) is 1. The predicted molar refractivity (Wildman–Crippen MR) is 104 cm³/mol. The van der Waals surface area contributed by atoms with Gasteiger partial charge < -0.3 is 15.0 Å². The summed E-state index contributed by atoms with van der Waals surface area (Å²) >= 11 is 0. The molecule has 1 saturated heterocycles. The Kier molecular flexibility index (Phi) is 6.63. The van der Waals surface area contributed by atoms with Gasteiger partial charge in [-0.15, -0.1) is 0 Å². The van der Waals surface area contributed by atoms with Crippen molar-refractivity contribution in [3.8, 4) is 5.75 Å². The van der Waals surface area contributed by atoms with Gasteiger partial charge in [0, 0.05) is 25.6 Å². The normalized spacial score (nSPS) is 14.6. The minimum absolute atomic E-state index is 0.000134. The number of para-hydroxylation sites is 1. The van der Waals surface area contributed by atoms with Gasteiger partial charge in [0.05, 0.1) is 0 Å². The van der Waals surface area contributed by atoms with Crippen LogP contribution in [0.25, 0.3) is 0 Å². The zero-order chi connectivity index (χ0) is 19.9. The summed E-state index contributed by atoms with van der Waals surface area (Å²) in [5.41, 5.74) is 1.32. The molecule has 0 unspecified atom stereocenters. The average Bonchev–Trinajstić information content (AvgIpc) is 2.73. The molecule has 6 heteroatoms. The van der Waals surface area contributed by atoms with E-state index in [1.807, 2.05) is 36.4 Å². The zero-order valence-electron chi connectivity index (χ0n) is 16.0. The number of hydrogen-bond acceptors (Lipinski definition) is 3. The average molecular weight is 384 g/mol. The fraction of sp³-hybridized carbons (Fsp3) is 0.364. The molecule has 1 fully saturated rings. The first kappa shape index (κ1) is 19.9. The molecule has 0 atom stereocenters. The number of piperidine rings is 1. The lowest BCUT2D eigenvalue weighted by molar-refractivity contribution is -0.137. The van der Waals surface area contributed by atoms with E-state index in [-0.39, 0.29) is 30.2 Å². The first-order valence-corrected chi connectivity index (χ1v) is 9.51. The molecule has 1 aliphatic rings. The largest absolute Gasteiger partial charge is 0.484 e. The van der Waals surface area contributed by atoms with Crippen LogP contribution in [0.2, 0.25) is 0 Å². The van der Waals surface area contributed by atoms with E-state index in [2.05, 4.69) is 5.32 Å². The third-order valence-electron chi connectivity index (χ3n) is 5.03. The van der Waals surface area contributed by atoms with Crippen LogP contribution in [0.15, 0.2) is 48.5 Å². The van der Waals surface area contributed by atoms with E-state index in [1.54, 1.807) is 17.9 Å². The van der Waals surface area contributed by atoms with E-state index in [0.29, 0.717) is 43.8 Å². The summed E-state index contributed by atoms with van der Waals surface area (Å²) in [5.74, 6) is 0.148. The standard InChI is InChI=1S/C22H25FN2O3/c1-16-7-8-17(13-20(16)23)14-24-22(27)18-9-11-25(12-10-18)21(26)15-28-19-5-3-2-4-6-19/h2-8,13,18H,9-12,14-15H2,1H3,(H,24,27). The van der Waals surface area contributed by atoms with Crippen molar-refractivity contribution in [1.29, 1.82) is 0 Å². The predicted octanol–water partition coefficient (Wildman–Crippen LogP) is 3.07. The molecular formula is C22H25FN2O3. The molecule has 0 bridgehead atoms. The molecule has 1 N–H and O–H groups in total. The van der Waals surface area contributed by atoms with Gasteiger partial charge in [0.25, 0.3) is 5.91 Å². The van der Waals surface area contributed by atoms with Crippen molar-refractivity contribution >= 4 is 11.8 Å². The van der Waals surface area contributed by atoms with Crippen LogP contribution in [0.5, 0.6) is 5.75 Å². The molecule has 3 rings (SSSR count). The molecule has 0 radical (unpaired) electrons. The smallest absolute Gasteiger partial charge is 0.260 e. The maximum atomic E-state index is 13.6. The zero-order valence-corrected chi connectivity index (χ0v) is 16.0. The number of rotatable bonds is 6. The van der Waals surface area contributed by atoms with E-state index in [1.165, 1.54) is 6.07 Å². The van der Waals surface area contributed by atoms with Gasteiger partial charge in [0.1, 0.15) is 11.6 Å². The van der Waals surface area contributed by atoms with Gasteiger partial charge in [-0.1, -0.05) is 30.3 Å². The van der Waals surface area contributed by atoms with E-state index in [0.717, 1.165) is 5.56 Å². The highest BCUT2D eigenvalue weighted by Gasteiger charge is 2.27. The Morgan fingerprint density at radius 2 is 1.86 bits per heavy atom. The number of carbonyl (C=O) groups is 2. The van der Waals surface area contributed by atoms with Crippen molar-refractivity contribution in [3.63, 3.8) is 0 Å². The summed E-state index contributed by atoms with van der Waals surface area (Å²) in [6.07, 6.45) is 1.23. The van der Waals surface area contributed by atoms with Crippen molar-refractivity contribution in [1.82, 2.24) is 10.2 Å². The first-order valence-electron chi connectivity index (χ1n) is 9.51. The lowest BCUT2D eigenvalue weighted by atomic mass is 9.95. The Hall–Kier alpha value is -2.89. The molecule has 0 aliphatic carbocycles. The number of amides is 2. The van der Waals surface area contributed by atoms with Crippen molar-refractivity contribution in [2.24, 2.45) is 5.92 Å². The second kappa shape index (κ2) is 9.35. The SMILES string of the molecule is Cc1ccc(CNC(=O)C2CCN(C(=O)COc3ccccc3)CC2)cc1F. The molecule has 148 valence electrons. The molecule has 1 aliphatic heterocycles. The molecule has 2 aromatic carbocycles. The molecule has 0 aromatic heterocycles. The summed E-state index contributed by atoms with van der Waals surface area (Å²) in [7, 11) is 0. The van der Waals surface area contributed by atoms with Crippen LogP contribution >= 0.6 is 0 Å². The number of halogens is 1. The van der Waals surface area contributed by atoms with E-state index in [4.69, 9.17) is 4.74 Å². The minimum Gasteiger partial charge on any atom is -0.484 e. The summed E-state index contributed by atoms with van der Waals surface area (Å²) in [4.78, 5) is 26.4. The summed E-state index contributed by atoms with van der Waals surface area (Å²) < 4.78 is 19.1. The van der Waals surface area contributed by atoms with Crippen LogP contribution in [0.4, 0.5) is 4.39 Å². The van der Waals surface area contributed by atoms with Crippen LogP contribution < -0.4 is 10.1 Å². The van der Waals surface area contributed by atoms with Crippen LogP contribution in [0.1, 0.15) is 24.0 Å². The van der Waals surface area contributed by atoms with Crippen molar-refractivity contribution in [2.75, 3.05) is 19.7 Å². The molecule has 0 spiro atoms. The molecule has 0 saturated carbocycles. The van der Waals surface area contributed by atoms with Gasteiger partial charge in [0.15, 0.2) is 6.61 Å². The second-order valence-electron chi connectivity index (χ2n) is 7.06. The highest BCUT2D eigenvalue weighted by Crippen LogP contribution is 2.18. The molecular weight excluding hydrogens is 359 g/mol. The van der Waals surface area contributed by atoms with Crippen molar-refractivity contribution in [3.05, 3.63) is 65.5 Å². The van der Waals surface area contributed by atoms with E-state index >= 15 is 0 Å². The minimum atomic E-state index is -0.267. The Bertz CT molecular complexity index is 818. The van der Waals surface area contributed by atoms with Gasteiger partial charge in [-0.2, -0.15) is 0 Å². The van der Waals surface area contributed by atoms with E-state index < -0.39 is 0 Å². The molecule has 2 aromatic rings. The number of nitrogens with zero attached hydrogens (tertiary/aromatic N) is 1. The van der Waals surface area contributed by atoms with Gasteiger partial charge >= 0.3 is 0 Å². The van der Waals surface area contributed by atoms with Gasteiger partial charge in [0.2, 0.25) is 5.91 Å². The van der Waals surface area contributed by atoms with Crippen LogP contribution in [-0.2, 0) is 16.1 Å².